The average Bonchev–Trinajstić information content (AvgIpc) is 4.17. The standard InChI is InChI=1S/2C23H20ClF2N7O3/c2*1-31-8-2-4-17(22(31)35)33-12-16(29-21(34)15-11-28-32-9-3-7-27-20(15)32)19(30-33)14-10-13(24)5-6-18(14)36-23(25)26/h2*3,5-7,9-12,17,23H,2,4,8H2,1H3,(H,29,34). The molecule has 72 heavy (non-hydrogen) atoms. The number of nitrogens with one attached hydrogen (secondary N) is 2. The van der Waals surface area contributed by atoms with Gasteiger partial charge in [-0.15, -0.1) is 0 Å². The number of ether oxygens (including phenoxy) is 2. The van der Waals surface area contributed by atoms with Crippen LogP contribution in [0.2, 0.25) is 10.0 Å². The van der Waals surface area contributed by atoms with Crippen LogP contribution in [-0.2, 0) is 9.59 Å². The van der Waals surface area contributed by atoms with E-state index in [9.17, 15) is 36.7 Å². The maximum atomic E-state index is 13.2. The van der Waals surface area contributed by atoms with Gasteiger partial charge in [-0.3, -0.25) is 28.5 Å². The highest BCUT2D eigenvalue weighted by Gasteiger charge is 2.33. The molecule has 2 atom stereocenters. The molecule has 26 heteroatoms. The lowest BCUT2D eigenvalue weighted by Gasteiger charge is -2.29. The van der Waals surface area contributed by atoms with Gasteiger partial charge in [-0.25, -0.2) is 19.0 Å². The van der Waals surface area contributed by atoms with E-state index in [0.717, 1.165) is 12.8 Å². The average molecular weight is 1030 g/mol. The number of likely N-dealkylation sites (tertiary alicyclic amines) is 2. The largest absolute Gasteiger partial charge is 0.434 e. The second kappa shape index (κ2) is 20.7. The summed E-state index contributed by atoms with van der Waals surface area (Å²) in [6.45, 7) is -4.95. The van der Waals surface area contributed by atoms with E-state index in [2.05, 4.69) is 50.5 Å². The number of carbonyl (C=O) groups excluding carboxylic acids is 4. The number of alkyl halides is 4. The maximum Gasteiger partial charge on any atom is 0.387 e. The number of hydrogen-bond acceptors (Lipinski definition) is 12. The Morgan fingerprint density at radius 3 is 1.49 bits per heavy atom. The van der Waals surface area contributed by atoms with Gasteiger partial charge in [-0.2, -0.15) is 38.0 Å². The summed E-state index contributed by atoms with van der Waals surface area (Å²) < 4.78 is 67.7. The molecule has 6 aromatic heterocycles. The van der Waals surface area contributed by atoms with E-state index in [-0.39, 0.29) is 78.4 Å². The van der Waals surface area contributed by atoms with Crippen LogP contribution in [-0.4, -0.2) is 123 Å². The number of hydrogen-bond donors (Lipinski definition) is 2. The zero-order valence-corrected chi connectivity index (χ0v) is 39.4. The molecule has 4 amide bonds. The SMILES string of the molecule is CN1CCCC(n2cc(NC(=O)c3cnn4cccnc34)c(-c3cc(Cl)ccc3OC(F)F)n2)C1=O.CN1CCCC(n2cc(NC(=O)c3cnn4cccnc34)c(-c3cc(Cl)ccc3OC(F)F)n2)C1=O. The van der Waals surface area contributed by atoms with Crippen LogP contribution in [0.3, 0.4) is 0 Å². The number of aromatic nitrogens is 10. The first-order valence-electron chi connectivity index (χ1n) is 22.0. The number of amides is 4. The van der Waals surface area contributed by atoms with E-state index in [1.807, 2.05) is 0 Å². The van der Waals surface area contributed by atoms with E-state index < -0.39 is 37.1 Å². The van der Waals surface area contributed by atoms with E-state index in [0.29, 0.717) is 37.2 Å². The molecule has 0 radical (unpaired) electrons. The summed E-state index contributed by atoms with van der Waals surface area (Å²) in [5, 5.41) is 23.3. The van der Waals surface area contributed by atoms with Crippen molar-refractivity contribution < 1.29 is 46.2 Å². The monoisotopic (exact) mass is 1030 g/mol. The van der Waals surface area contributed by atoms with E-state index in [1.165, 1.54) is 92.0 Å². The predicted octanol–water partition coefficient (Wildman–Crippen LogP) is 7.79. The van der Waals surface area contributed by atoms with Crippen molar-refractivity contribution in [1.29, 1.82) is 0 Å². The van der Waals surface area contributed by atoms with Crippen LogP contribution in [0.4, 0.5) is 28.9 Å². The maximum absolute atomic E-state index is 13.2. The topological polar surface area (TPSA) is 213 Å². The fraction of sp³-hybridized carbons (Fsp3) is 0.261. The number of piperidine rings is 2. The van der Waals surface area contributed by atoms with Crippen molar-refractivity contribution in [2.75, 3.05) is 37.8 Å². The molecule has 8 heterocycles. The lowest BCUT2D eigenvalue weighted by Crippen LogP contribution is -2.39. The molecule has 2 N–H and O–H groups in total. The number of nitrogens with zero attached hydrogens (tertiary/aromatic N) is 12. The Labute approximate surface area is 415 Å². The molecule has 8 aromatic rings. The molecule has 2 aromatic carbocycles. The molecule has 0 bridgehead atoms. The minimum atomic E-state index is -3.09. The van der Waals surface area contributed by atoms with Gasteiger partial charge in [-0.1, -0.05) is 23.2 Å². The minimum absolute atomic E-state index is 0.118. The lowest BCUT2D eigenvalue weighted by atomic mass is 10.1. The van der Waals surface area contributed by atoms with Crippen molar-refractivity contribution in [2.24, 2.45) is 0 Å². The molecule has 0 aliphatic carbocycles. The van der Waals surface area contributed by atoms with Crippen LogP contribution in [0, 0.1) is 0 Å². The van der Waals surface area contributed by atoms with Gasteiger partial charge in [0, 0.05) is 73.1 Å². The quantitative estimate of drug-likeness (QED) is 0.112. The zero-order chi connectivity index (χ0) is 50.8. The third-order valence-electron chi connectivity index (χ3n) is 11.7. The van der Waals surface area contributed by atoms with Gasteiger partial charge < -0.3 is 29.9 Å². The van der Waals surface area contributed by atoms with Crippen LogP contribution in [0.5, 0.6) is 11.5 Å². The fourth-order valence-electron chi connectivity index (χ4n) is 8.32. The van der Waals surface area contributed by atoms with Crippen molar-refractivity contribution >= 4 is 69.5 Å². The number of rotatable bonds is 12. The molecule has 2 aliphatic rings. The second-order valence-corrected chi connectivity index (χ2v) is 17.3. The first-order chi connectivity index (χ1) is 34.6. The van der Waals surface area contributed by atoms with Crippen LogP contribution < -0.4 is 20.1 Å². The van der Waals surface area contributed by atoms with Crippen molar-refractivity contribution in [3.63, 3.8) is 0 Å². The molecule has 2 unspecified atom stereocenters. The molecule has 10 rings (SSSR count). The van der Waals surface area contributed by atoms with Gasteiger partial charge >= 0.3 is 13.2 Å². The van der Waals surface area contributed by atoms with Crippen molar-refractivity contribution in [3.05, 3.63) is 119 Å². The van der Waals surface area contributed by atoms with Gasteiger partial charge in [0.2, 0.25) is 11.8 Å². The first-order valence-corrected chi connectivity index (χ1v) is 22.8. The number of carbonyl (C=O) groups is 4. The van der Waals surface area contributed by atoms with Crippen molar-refractivity contribution in [3.8, 4) is 34.0 Å². The third-order valence-corrected chi connectivity index (χ3v) is 12.2. The molecule has 372 valence electrons. The zero-order valence-electron chi connectivity index (χ0n) is 37.9. The van der Waals surface area contributed by atoms with Gasteiger partial charge in [0.05, 0.1) is 36.2 Å². The number of fused-ring (bicyclic) bond motifs is 2. The summed E-state index contributed by atoms with van der Waals surface area (Å²) >= 11 is 12.3. The minimum Gasteiger partial charge on any atom is -0.434 e. The summed E-state index contributed by atoms with van der Waals surface area (Å²) in [7, 11) is 3.40. The number of halogens is 6. The number of benzene rings is 2. The Kier molecular flexibility index (Phi) is 14.0. The molecule has 0 spiro atoms. The highest BCUT2D eigenvalue weighted by molar-refractivity contribution is 6.31. The van der Waals surface area contributed by atoms with Gasteiger partial charge in [-0.05, 0) is 74.2 Å². The Morgan fingerprint density at radius 1 is 0.667 bits per heavy atom. The second-order valence-electron chi connectivity index (χ2n) is 16.4. The Morgan fingerprint density at radius 2 is 1.08 bits per heavy atom. The summed E-state index contributed by atoms with van der Waals surface area (Å²) in [5.74, 6) is -1.74. The van der Waals surface area contributed by atoms with Crippen LogP contribution in [0.1, 0.15) is 58.5 Å². The summed E-state index contributed by atoms with van der Waals surface area (Å²) in [6.07, 6.45) is 14.7. The molecule has 2 fully saturated rings. The molecule has 2 saturated heterocycles. The van der Waals surface area contributed by atoms with Crippen molar-refractivity contribution in [2.45, 2.75) is 51.0 Å². The van der Waals surface area contributed by atoms with Crippen molar-refractivity contribution in [1.82, 2.24) is 58.6 Å². The Balaban J connectivity index is 0.000000178. The normalized spacial score (nSPS) is 16.1. The summed E-state index contributed by atoms with van der Waals surface area (Å²) in [4.78, 5) is 63.6. The van der Waals surface area contributed by atoms with Crippen LogP contribution >= 0.6 is 23.2 Å². The highest BCUT2D eigenvalue weighted by Crippen LogP contribution is 2.40. The fourth-order valence-corrected chi connectivity index (χ4v) is 8.66. The van der Waals surface area contributed by atoms with Gasteiger partial charge in [0.15, 0.2) is 11.3 Å². The number of anilines is 2. The van der Waals surface area contributed by atoms with Crippen LogP contribution in [0.25, 0.3) is 33.8 Å². The molecular formula is C46H40Cl2F4N14O6. The first kappa shape index (κ1) is 48.9. The molecule has 0 saturated carbocycles. The highest BCUT2D eigenvalue weighted by atomic mass is 35.5. The molecule has 20 nitrogen and oxygen atoms in total. The molecule has 2 aliphatic heterocycles. The number of likely N-dealkylation sites (N-methyl/N-ethyl adjacent to an activating group) is 2. The van der Waals surface area contributed by atoms with E-state index in [1.54, 1.807) is 48.4 Å². The molecular weight excluding hydrogens is 991 g/mol. The smallest absolute Gasteiger partial charge is 0.387 e. The summed E-state index contributed by atoms with van der Waals surface area (Å²) in [6, 6.07) is 10.3. The van der Waals surface area contributed by atoms with E-state index >= 15 is 0 Å². The Bertz CT molecular complexity index is 3130. The Hall–Kier alpha value is -8.12. The summed E-state index contributed by atoms with van der Waals surface area (Å²) in [5.41, 5.74) is 1.90. The van der Waals surface area contributed by atoms with Gasteiger partial charge in [0.1, 0.15) is 46.1 Å². The van der Waals surface area contributed by atoms with Gasteiger partial charge in [0.25, 0.3) is 11.8 Å². The lowest BCUT2D eigenvalue weighted by molar-refractivity contribution is -0.137. The third kappa shape index (κ3) is 10.2. The predicted molar refractivity (Wildman–Crippen MR) is 252 cm³/mol. The van der Waals surface area contributed by atoms with E-state index in [4.69, 9.17) is 23.2 Å². The van der Waals surface area contributed by atoms with Crippen LogP contribution in [0.15, 0.2) is 98.1 Å².